The number of rotatable bonds is 6. The Morgan fingerprint density at radius 2 is 2.07 bits per heavy atom. The average molecular weight is 290 g/mol. The van der Waals surface area contributed by atoms with Crippen molar-refractivity contribution in [1.82, 2.24) is 14.9 Å². The van der Waals surface area contributed by atoms with Gasteiger partial charge in [0.15, 0.2) is 0 Å². The fourth-order valence-corrected chi connectivity index (χ4v) is 2.55. The van der Waals surface area contributed by atoms with Crippen LogP contribution < -0.4 is 0 Å². The molecule has 0 bridgehead atoms. The molecule has 0 aliphatic carbocycles. The van der Waals surface area contributed by atoms with E-state index in [9.17, 15) is 0 Å². The van der Waals surface area contributed by atoms with Gasteiger partial charge in [0.05, 0.1) is 0 Å². The molecule has 84 valence electrons. The van der Waals surface area contributed by atoms with Crippen molar-refractivity contribution >= 4 is 27.7 Å². The molecular formula is C10H16BrN3S. The Morgan fingerprint density at radius 1 is 1.33 bits per heavy atom. The number of halogens is 1. The molecule has 0 fully saturated rings. The van der Waals surface area contributed by atoms with Gasteiger partial charge in [0.25, 0.3) is 0 Å². The Bertz CT molecular complexity index is 292. The molecule has 0 saturated carbocycles. The molecular weight excluding hydrogens is 274 g/mol. The van der Waals surface area contributed by atoms with Crippen LogP contribution >= 0.6 is 27.7 Å². The normalized spacial score (nSPS) is 10.9. The highest BCUT2D eigenvalue weighted by Gasteiger charge is 2.01. The Kier molecular flexibility index (Phi) is 6.20. The Labute approximate surface area is 104 Å². The maximum atomic E-state index is 4.19. The van der Waals surface area contributed by atoms with Crippen LogP contribution in [0.1, 0.15) is 13.8 Å². The van der Waals surface area contributed by atoms with Gasteiger partial charge in [0.1, 0.15) is 16.0 Å². The Balaban J connectivity index is 2.31. The van der Waals surface area contributed by atoms with Crippen molar-refractivity contribution in [2.24, 2.45) is 0 Å². The summed E-state index contributed by atoms with van der Waals surface area (Å²) >= 11 is 5.11. The lowest BCUT2D eigenvalue weighted by atomic mass is 10.5. The fraction of sp³-hybridized carbons (Fsp3) is 0.600. The molecule has 0 N–H and O–H groups in total. The molecule has 15 heavy (non-hydrogen) atoms. The predicted molar refractivity (Wildman–Crippen MR) is 68.2 cm³/mol. The summed E-state index contributed by atoms with van der Waals surface area (Å²) in [5, 5.41) is 1.03. The second kappa shape index (κ2) is 7.19. The smallest absolute Gasteiger partial charge is 0.118 e. The van der Waals surface area contributed by atoms with E-state index in [1.807, 2.05) is 6.07 Å². The molecule has 3 nitrogen and oxygen atoms in total. The van der Waals surface area contributed by atoms with Gasteiger partial charge in [-0.1, -0.05) is 13.8 Å². The summed E-state index contributed by atoms with van der Waals surface area (Å²) < 4.78 is 0.850. The van der Waals surface area contributed by atoms with Crippen molar-refractivity contribution in [3.05, 3.63) is 17.0 Å². The monoisotopic (exact) mass is 289 g/mol. The molecule has 1 aromatic heterocycles. The minimum atomic E-state index is 0.850. The van der Waals surface area contributed by atoms with Gasteiger partial charge in [-0.05, 0) is 29.0 Å². The molecule has 0 aliphatic rings. The average Bonchev–Trinajstić information content (AvgIpc) is 2.25. The Hall–Kier alpha value is -0.130. The summed E-state index contributed by atoms with van der Waals surface area (Å²) in [6, 6.07) is 1.95. The van der Waals surface area contributed by atoms with Crippen LogP contribution in [0.25, 0.3) is 0 Å². The molecule has 1 heterocycles. The van der Waals surface area contributed by atoms with Gasteiger partial charge in [-0.3, -0.25) is 0 Å². The van der Waals surface area contributed by atoms with Gasteiger partial charge in [0, 0.05) is 18.4 Å². The first-order valence-corrected chi connectivity index (χ1v) is 6.86. The number of nitrogens with zero attached hydrogens (tertiary/aromatic N) is 3. The van der Waals surface area contributed by atoms with Gasteiger partial charge >= 0.3 is 0 Å². The van der Waals surface area contributed by atoms with Crippen molar-refractivity contribution in [2.45, 2.75) is 18.9 Å². The Morgan fingerprint density at radius 3 is 2.67 bits per heavy atom. The number of hydrogen-bond acceptors (Lipinski definition) is 4. The van der Waals surface area contributed by atoms with E-state index >= 15 is 0 Å². The molecule has 1 aromatic rings. The quantitative estimate of drug-likeness (QED) is 0.595. The zero-order valence-corrected chi connectivity index (χ0v) is 11.5. The van der Waals surface area contributed by atoms with Crippen LogP contribution in [0.3, 0.4) is 0 Å². The molecule has 0 saturated heterocycles. The SMILES string of the molecule is CCN(CC)CCSc1cc(Br)ncn1. The maximum Gasteiger partial charge on any atom is 0.118 e. The molecule has 1 rings (SSSR count). The van der Waals surface area contributed by atoms with Gasteiger partial charge in [-0.25, -0.2) is 9.97 Å². The van der Waals surface area contributed by atoms with E-state index in [0.717, 1.165) is 35.0 Å². The maximum absolute atomic E-state index is 4.19. The van der Waals surface area contributed by atoms with Crippen molar-refractivity contribution in [3.8, 4) is 0 Å². The standard InChI is InChI=1S/C10H16BrN3S/c1-3-14(4-2)5-6-15-10-7-9(11)12-8-13-10/h7-8H,3-6H2,1-2H3. The summed E-state index contributed by atoms with van der Waals surface area (Å²) in [6.07, 6.45) is 1.59. The van der Waals surface area contributed by atoms with Crippen LogP contribution in [0.2, 0.25) is 0 Å². The summed E-state index contributed by atoms with van der Waals surface area (Å²) in [5.74, 6) is 1.07. The fourth-order valence-electron chi connectivity index (χ4n) is 1.22. The van der Waals surface area contributed by atoms with Crippen molar-refractivity contribution in [3.63, 3.8) is 0 Å². The molecule has 0 amide bonds. The molecule has 0 unspecified atom stereocenters. The molecule has 0 aliphatic heterocycles. The molecule has 0 atom stereocenters. The lowest BCUT2D eigenvalue weighted by Crippen LogP contribution is -2.25. The van der Waals surface area contributed by atoms with E-state index in [2.05, 4.69) is 44.6 Å². The van der Waals surface area contributed by atoms with Crippen LogP contribution in [0.5, 0.6) is 0 Å². The zero-order chi connectivity index (χ0) is 11.1. The van der Waals surface area contributed by atoms with Crippen molar-refractivity contribution in [1.29, 1.82) is 0 Å². The predicted octanol–water partition coefficient (Wildman–Crippen LogP) is 2.67. The van der Waals surface area contributed by atoms with E-state index in [4.69, 9.17) is 0 Å². The highest BCUT2D eigenvalue weighted by molar-refractivity contribution is 9.10. The third-order valence-corrected chi connectivity index (χ3v) is 3.50. The van der Waals surface area contributed by atoms with Crippen LogP contribution in [0.4, 0.5) is 0 Å². The van der Waals surface area contributed by atoms with Crippen molar-refractivity contribution < 1.29 is 0 Å². The first kappa shape index (κ1) is 12.9. The highest BCUT2D eigenvalue weighted by Crippen LogP contribution is 2.17. The van der Waals surface area contributed by atoms with Gasteiger partial charge < -0.3 is 4.90 Å². The van der Waals surface area contributed by atoms with Crippen molar-refractivity contribution in [2.75, 3.05) is 25.4 Å². The zero-order valence-electron chi connectivity index (χ0n) is 9.11. The first-order valence-electron chi connectivity index (χ1n) is 5.09. The van der Waals surface area contributed by atoms with E-state index < -0.39 is 0 Å². The van der Waals surface area contributed by atoms with E-state index in [0.29, 0.717) is 0 Å². The summed E-state index contributed by atoms with van der Waals surface area (Å²) in [7, 11) is 0. The topological polar surface area (TPSA) is 29.0 Å². The largest absolute Gasteiger partial charge is 0.303 e. The molecule has 0 aromatic carbocycles. The van der Waals surface area contributed by atoms with Crippen LogP contribution in [0, 0.1) is 0 Å². The van der Waals surface area contributed by atoms with E-state index in [1.54, 1.807) is 18.1 Å². The van der Waals surface area contributed by atoms with Crippen LogP contribution in [-0.4, -0.2) is 40.3 Å². The third-order valence-electron chi connectivity index (χ3n) is 2.16. The number of hydrogen-bond donors (Lipinski definition) is 0. The molecule has 0 spiro atoms. The number of aromatic nitrogens is 2. The second-order valence-corrected chi connectivity index (χ2v) is 4.98. The van der Waals surface area contributed by atoms with E-state index in [-0.39, 0.29) is 0 Å². The minimum absolute atomic E-state index is 0.850. The lowest BCUT2D eigenvalue weighted by molar-refractivity contribution is 0.324. The van der Waals surface area contributed by atoms with Crippen LogP contribution in [0.15, 0.2) is 22.0 Å². The van der Waals surface area contributed by atoms with E-state index in [1.165, 1.54) is 0 Å². The third kappa shape index (κ3) is 4.95. The second-order valence-electron chi connectivity index (χ2n) is 3.05. The van der Waals surface area contributed by atoms with Gasteiger partial charge in [0.2, 0.25) is 0 Å². The summed E-state index contributed by atoms with van der Waals surface area (Å²) in [5.41, 5.74) is 0. The molecule has 0 radical (unpaired) electrons. The number of thioether (sulfide) groups is 1. The minimum Gasteiger partial charge on any atom is -0.303 e. The molecule has 5 heteroatoms. The summed E-state index contributed by atoms with van der Waals surface area (Å²) in [6.45, 7) is 7.72. The highest BCUT2D eigenvalue weighted by atomic mass is 79.9. The summed E-state index contributed by atoms with van der Waals surface area (Å²) in [4.78, 5) is 10.6. The van der Waals surface area contributed by atoms with Gasteiger partial charge in [-0.2, -0.15) is 0 Å². The van der Waals surface area contributed by atoms with Gasteiger partial charge in [-0.15, -0.1) is 11.8 Å². The lowest BCUT2D eigenvalue weighted by Gasteiger charge is -2.16. The first-order chi connectivity index (χ1) is 7.26. The van der Waals surface area contributed by atoms with Crippen LogP contribution in [-0.2, 0) is 0 Å².